The molecule has 1 amide bonds. The minimum absolute atomic E-state index is 0.113. The number of sulfone groups is 1. The summed E-state index contributed by atoms with van der Waals surface area (Å²) in [5.41, 5.74) is 1.20. The van der Waals surface area contributed by atoms with E-state index < -0.39 is 9.84 Å². The van der Waals surface area contributed by atoms with Crippen LogP contribution in [0, 0.1) is 5.82 Å². The highest BCUT2D eigenvalue weighted by Gasteiger charge is 2.08. The molecule has 2 aromatic carbocycles. The zero-order valence-corrected chi connectivity index (χ0v) is 12.2. The van der Waals surface area contributed by atoms with Gasteiger partial charge in [0.2, 0.25) is 5.91 Å². The molecular formula is C15H14FNO3S. The van der Waals surface area contributed by atoms with Crippen LogP contribution in [0.25, 0.3) is 0 Å². The first-order valence-corrected chi connectivity index (χ1v) is 8.08. The maximum atomic E-state index is 12.7. The number of halogens is 1. The number of rotatable bonds is 4. The molecule has 0 radical (unpaired) electrons. The topological polar surface area (TPSA) is 63.2 Å². The number of carbonyl (C=O) groups excluding carboxylic acids is 1. The fourth-order valence-electron chi connectivity index (χ4n) is 1.78. The van der Waals surface area contributed by atoms with Gasteiger partial charge in [-0.3, -0.25) is 4.79 Å². The molecule has 1 N–H and O–H groups in total. The molecule has 0 aromatic heterocycles. The molecule has 0 saturated carbocycles. The molecule has 2 aromatic rings. The van der Waals surface area contributed by atoms with Crippen molar-refractivity contribution in [2.75, 3.05) is 11.6 Å². The van der Waals surface area contributed by atoms with E-state index in [-0.39, 0.29) is 23.0 Å². The number of amides is 1. The van der Waals surface area contributed by atoms with Crippen molar-refractivity contribution in [1.29, 1.82) is 0 Å². The molecule has 110 valence electrons. The Morgan fingerprint density at radius 3 is 2.14 bits per heavy atom. The van der Waals surface area contributed by atoms with Crippen LogP contribution in [0.1, 0.15) is 5.56 Å². The van der Waals surface area contributed by atoms with Crippen LogP contribution in [0.4, 0.5) is 10.1 Å². The molecule has 0 bridgehead atoms. The lowest BCUT2D eigenvalue weighted by Crippen LogP contribution is -2.14. The summed E-state index contributed by atoms with van der Waals surface area (Å²) in [5.74, 6) is -0.627. The fraction of sp³-hybridized carbons (Fsp3) is 0.133. The molecule has 0 fully saturated rings. The Kier molecular flexibility index (Phi) is 4.37. The number of benzene rings is 2. The Morgan fingerprint density at radius 1 is 1.05 bits per heavy atom. The Morgan fingerprint density at radius 2 is 1.62 bits per heavy atom. The minimum Gasteiger partial charge on any atom is -0.326 e. The highest BCUT2D eigenvalue weighted by Crippen LogP contribution is 2.12. The molecule has 2 rings (SSSR count). The first kappa shape index (κ1) is 15.2. The van der Waals surface area contributed by atoms with Crippen molar-refractivity contribution in [1.82, 2.24) is 0 Å². The summed E-state index contributed by atoms with van der Waals surface area (Å²) < 4.78 is 35.4. The van der Waals surface area contributed by atoms with Gasteiger partial charge >= 0.3 is 0 Å². The van der Waals surface area contributed by atoms with Crippen molar-refractivity contribution in [2.24, 2.45) is 0 Å². The zero-order valence-electron chi connectivity index (χ0n) is 11.3. The first-order valence-electron chi connectivity index (χ1n) is 6.19. The monoisotopic (exact) mass is 307 g/mol. The van der Waals surface area contributed by atoms with E-state index in [9.17, 15) is 17.6 Å². The van der Waals surface area contributed by atoms with Gasteiger partial charge in [-0.2, -0.15) is 0 Å². The second-order valence-electron chi connectivity index (χ2n) is 4.65. The SMILES string of the molecule is CS(=O)(=O)c1ccc(CC(=O)Nc2ccc(F)cc2)cc1. The van der Waals surface area contributed by atoms with Crippen LogP contribution in [-0.2, 0) is 21.1 Å². The van der Waals surface area contributed by atoms with Crippen LogP contribution in [0.5, 0.6) is 0 Å². The maximum absolute atomic E-state index is 12.7. The van der Waals surface area contributed by atoms with Gasteiger partial charge in [0.05, 0.1) is 11.3 Å². The highest BCUT2D eigenvalue weighted by molar-refractivity contribution is 7.90. The summed E-state index contributed by atoms with van der Waals surface area (Å²) in [5, 5.41) is 2.64. The molecule has 0 unspecified atom stereocenters. The molecular weight excluding hydrogens is 293 g/mol. The second kappa shape index (κ2) is 6.05. The summed E-state index contributed by atoms with van der Waals surface area (Å²) in [7, 11) is -3.24. The normalized spacial score (nSPS) is 11.1. The third-order valence-corrected chi connectivity index (χ3v) is 3.97. The molecule has 21 heavy (non-hydrogen) atoms. The van der Waals surface area contributed by atoms with E-state index in [1.165, 1.54) is 36.4 Å². The van der Waals surface area contributed by atoms with Crippen molar-refractivity contribution >= 4 is 21.4 Å². The van der Waals surface area contributed by atoms with E-state index in [0.717, 1.165) is 6.26 Å². The molecule has 0 spiro atoms. The standard InChI is InChI=1S/C15H14FNO3S/c1-21(19,20)14-8-2-11(3-9-14)10-15(18)17-13-6-4-12(16)5-7-13/h2-9H,10H2,1H3,(H,17,18). The highest BCUT2D eigenvalue weighted by atomic mass is 32.2. The summed E-state index contributed by atoms with van der Waals surface area (Å²) in [4.78, 5) is 12.0. The van der Waals surface area contributed by atoms with E-state index in [1.807, 2.05) is 0 Å². The maximum Gasteiger partial charge on any atom is 0.228 e. The number of nitrogens with one attached hydrogen (secondary N) is 1. The predicted octanol–water partition coefficient (Wildman–Crippen LogP) is 2.41. The van der Waals surface area contributed by atoms with Crippen molar-refractivity contribution in [3.63, 3.8) is 0 Å². The van der Waals surface area contributed by atoms with Gasteiger partial charge in [0.15, 0.2) is 9.84 Å². The molecule has 0 aliphatic heterocycles. The average molecular weight is 307 g/mol. The van der Waals surface area contributed by atoms with E-state index in [1.54, 1.807) is 12.1 Å². The van der Waals surface area contributed by atoms with Crippen molar-refractivity contribution in [2.45, 2.75) is 11.3 Å². The van der Waals surface area contributed by atoms with Crippen LogP contribution in [0.2, 0.25) is 0 Å². The molecule has 4 nitrogen and oxygen atoms in total. The van der Waals surface area contributed by atoms with Gasteiger partial charge in [0, 0.05) is 11.9 Å². The summed E-state index contributed by atoms with van der Waals surface area (Å²) in [6.07, 6.45) is 1.24. The van der Waals surface area contributed by atoms with E-state index in [2.05, 4.69) is 5.32 Å². The summed E-state index contributed by atoms with van der Waals surface area (Å²) in [6, 6.07) is 11.6. The lowest BCUT2D eigenvalue weighted by atomic mass is 10.1. The number of carbonyl (C=O) groups is 1. The predicted molar refractivity (Wildman–Crippen MR) is 78.3 cm³/mol. The minimum atomic E-state index is -3.24. The molecule has 6 heteroatoms. The van der Waals surface area contributed by atoms with Crippen LogP contribution in [-0.4, -0.2) is 20.6 Å². The van der Waals surface area contributed by atoms with Crippen LogP contribution < -0.4 is 5.32 Å². The Labute approximate surface area is 122 Å². The van der Waals surface area contributed by atoms with Gasteiger partial charge in [-0.1, -0.05) is 12.1 Å². The largest absolute Gasteiger partial charge is 0.326 e. The smallest absolute Gasteiger partial charge is 0.228 e. The van der Waals surface area contributed by atoms with Crippen LogP contribution in [0.15, 0.2) is 53.4 Å². The van der Waals surface area contributed by atoms with Crippen molar-refractivity contribution in [3.8, 4) is 0 Å². The summed E-state index contributed by atoms with van der Waals surface area (Å²) >= 11 is 0. The third-order valence-electron chi connectivity index (χ3n) is 2.84. The van der Waals surface area contributed by atoms with E-state index in [4.69, 9.17) is 0 Å². The number of hydrogen-bond acceptors (Lipinski definition) is 3. The second-order valence-corrected chi connectivity index (χ2v) is 6.66. The molecule has 0 heterocycles. The van der Waals surface area contributed by atoms with Gasteiger partial charge < -0.3 is 5.32 Å². The lowest BCUT2D eigenvalue weighted by molar-refractivity contribution is -0.115. The van der Waals surface area contributed by atoms with Crippen LogP contribution >= 0.6 is 0 Å². The van der Waals surface area contributed by atoms with Gasteiger partial charge in [-0.25, -0.2) is 12.8 Å². The van der Waals surface area contributed by atoms with Gasteiger partial charge in [0.1, 0.15) is 5.82 Å². The van der Waals surface area contributed by atoms with Crippen molar-refractivity contribution < 1.29 is 17.6 Å². The van der Waals surface area contributed by atoms with Crippen molar-refractivity contribution in [3.05, 3.63) is 59.9 Å². The average Bonchev–Trinajstić information content (AvgIpc) is 2.41. The third kappa shape index (κ3) is 4.39. The molecule has 0 saturated heterocycles. The van der Waals surface area contributed by atoms with Gasteiger partial charge in [-0.15, -0.1) is 0 Å². The fourth-order valence-corrected chi connectivity index (χ4v) is 2.41. The Hall–Kier alpha value is -2.21. The number of hydrogen-bond donors (Lipinski definition) is 1. The number of anilines is 1. The zero-order chi connectivity index (χ0) is 15.5. The lowest BCUT2D eigenvalue weighted by Gasteiger charge is -2.06. The quantitative estimate of drug-likeness (QED) is 0.943. The molecule has 0 aliphatic carbocycles. The van der Waals surface area contributed by atoms with Gasteiger partial charge in [-0.05, 0) is 42.0 Å². The van der Waals surface area contributed by atoms with Crippen LogP contribution in [0.3, 0.4) is 0 Å². The Bertz CT molecular complexity index is 737. The molecule has 0 aliphatic rings. The molecule has 0 atom stereocenters. The first-order chi connectivity index (χ1) is 9.84. The summed E-state index contributed by atoms with van der Waals surface area (Å²) in [6.45, 7) is 0. The Balaban J connectivity index is 2.01. The van der Waals surface area contributed by atoms with E-state index in [0.29, 0.717) is 11.3 Å². The van der Waals surface area contributed by atoms with E-state index >= 15 is 0 Å². The van der Waals surface area contributed by atoms with Gasteiger partial charge in [0.25, 0.3) is 0 Å².